The quantitative estimate of drug-likeness (QED) is 0.784. The Labute approximate surface area is 94.8 Å². The van der Waals surface area contributed by atoms with Crippen LogP contribution < -0.4 is 5.32 Å². The van der Waals surface area contributed by atoms with Gasteiger partial charge in [0.25, 0.3) is 0 Å². The fourth-order valence-corrected chi connectivity index (χ4v) is 1.78. The van der Waals surface area contributed by atoms with Gasteiger partial charge in [0, 0.05) is 32.2 Å². The second kappa shape index (κ2) is 5.94. The SMILES string of the molecule is CCC(C)(C)CN1CCNC[C@H]1C.Cl. The van der Waals surface area contributed by atoms with E-state index in [0.717, 1.165) is 13.1 Å². The molecule has 1 fully saturated rings. The summed E-state index contributed by atoms with van der Waals surface area (Å²) in [5.74, 6) is 0. The molecule has 1 aliphatic heterocycles. The van der Waals surface area contributed by atoms with Crippen LogP contribution in [-0.2, 0) is 0 Å². The van der Waals surface area contributed by atoms with Crippen LogP contribution in [0.4, 0.5) is 0 Å². The monoisotopic (exact) mass is 220 g/mol. The topological polar surface area (TPSA) is 15.3 Å². The average Bonchev–Trinajstić information content (AvgIpc) is 2.09. The lowest BCUT2D eigenvalue weighted by molar-refractivity contribution is 0.112. The number of nitrogens with zero attached hydrogens (tertiary/aromatic N) is 1. The predicted octanol–water partition coefficient (Wildman–Crippen LogP) is 2.14. The minimum atomic E-state index is 0. The molecule has 14 heavy (non-hydrogen) atoms. The van der Waals surface area contributed by atoms with E-state index >= 15 is 0 Å². The van der Waals surface area contributed by atoms with Crippen LogP contribution in [-0.4, -0.2) is 37.1 Å². The Morgan fingerprint density at radius 1 is 1.43 bits per heavy atom. The summed E-state index contributed by atoms with van der Waals surface area (Å²) in [7, 11) is 0. The maximum absolute atomic E-state index is 3.43. The summed E-state index contributed by atoms with van der Waals surface area (Å²) in [4.78, 5) is 2.61. The number of nitrogens with one attached hydrogen (secondary N) is 1. The van der Waals surface area contributed by atoms with Gasteiger partial charge in [-0.1, -0.05) is 20.8 Å². The summed E-state index contributed by atoms with van der Waals surface area (Å²) in [6, 6.07) is 0.708. The molecule has 2 nitrogen and oxygen atoms in total. The Morgan fingerprint density at radius 2 is 2.07 bits per heavy atom. The maximum Gasteiger partial charge on any atom is 0.0193 e. The highest BCUT2D eigenvalue weighted by Crippen LogP contribution is 2.22. The average molecular weight is 221 g/mol. The molecule has 0 amide bonds. The van der Waals surface area contributed by atoms with Gasteiger partial charge < -0.3 is 5.32 Å². The number of hydrogen-bond acceptors (Lipinski definition) is 2. The van der Waals surface area contributed by atoms with E-state index in [4.69, 9.17) is 0 Å². The van der Waals surface area contributed by atoms with Crippen molar-refractivity contribution >= 4 is 12.4 Å². The molecule has 1 saturated heterocycles. The zero-order valence-corrected chi connectivity index (χ0v) is 10.8. The Morgan fingerprint density at radius 3 is 2.57 bits per heavy atom. The van der Waals surface area contributed by atoms with E-state index in [-0.39, 0.29) is 12.4 Å². The first-order chi connectivity index (χ1) is 6.05. The Kier molecular flexibility index (Phi) is 6.03. The van der Waals surface area contributed by atoms with Gasteiger partial charge in [-0.2, -0.15) is 0 Å². The van der Waals surface area contributed by atoms with E-state index in [0.29, 0.717) is 11.5 Å². The molecule has 0 aromatic heterocycles. The van der Waals surface area contributed by atoms with E-state index < -0.39 is 0 Å². The molecule has 1 atom stereocenters. The fourth-order valence-electron chi connectivity index (χ4n) is 1.78. The highest BCUT2D eigenvalue weighted by Gasteiger charge is 2.24. The molecule has 0 unspecified atom stereocenters. The van der Waals surface area contributed by atoms with Crippen molar-refractivity contribution in [3.05, 3.63) is 0 Å². The lowest BCUT2D eigenvalue weighted by Crippen LogP contribution is -2.52. The van der Waals surface area contributed by atoms with Crippen LogP contribution >= 0.6 is 12.4 Å². The zero-order chi connectivity index (χ0) is 9.90. The summed E-state index contributed by atoms with van der Waals surface area (Å²) >= 11 is 0. The number of piperazine rings is 1. The zero-order valence-electron chi connectivity index (χ0n) is 9.97. The molecule has 0 aliphatic carbocycles. The number of halogens is 1. The summed E-state index contributed by atoms with van der Waals surface area (Å²) in [5.41, 5.74) is 0.478. The van der Waals surface area contributed by atoms with Crippen LogP contribution in [0.1, 0.15) is 34.1 Å². The van der Waals surface area contributed by atoms with Crippen molar-refractivity contribution < 1.29 is 0 Å². The van der Waals surface area contributed by atoms with Crippen LogP contribution in [0.15, 0.2) is 0 Å². The van der Waals surface area contributed by atoms with Crippen LogP contribution in [0.3, 0.4) is 0 Å². The predicted molar refractivity (Wildman–Crippen MR) is 65.2 cm³/mol. The lowest BCUT2D eigenvalue weighted by atomic mass is 9.89. The molecule has 0 spiro atoms. The standard InChI is InChI=1S/C11H24N2.ClH/c1-5-11(3,4)9-13-7-6-12-8-10(13)2;/h10,12H,5-9H2,1-4H3;1H/t10-;/m1./s1. The molecule has 0 bridgehead atoms. The molecular weight excluding hydrogens is 196 g/mol. The van der Waals surface area contributed by atoms with Crippen molar-refractivity contribution in [1.82, 2.24) is 10.2 Å². The van der Waals surface area contributed by atoms with Crippen molar-refractivity contribution in [3.63, 3.8) is 0 Å². The second-order valence-electron chi connectivity index (χ2n) is 5.04. The summed E-state index contributed by atoms with van der Waals surface area (Å²) in [5, 5.41) is 3.43. The van der Waals surface area contributed by atoms with Gasteiger partial charge in [0.05, 0.1) is 0 Å². The molecule has 0 radical (unpaired) electrons. The number of hydrogen-bond donors (Lipinski definition) is 1. The first-order valence-electron chi connectivity index (χ1n) is 5.50. The van der Waals surface area contributed by atoms with Crippen LogP contribution in [0, 0.1) is 5.41 Å². The fraction of sp³-hybridized carbons (Fsp3) is 1.00. The Balaban J connectivity index is 0.00000169. The third-order valence-corrected chi connectivity index (χ3v) is 3.23. The van der Waals surface area contributed by atoms with Gasteiger partial charge in [-0.15, -0.1) is 12.4 Å². The van der Waals surface area contributed by atoms with Crippen LogP contribution in [0.5, 0.6) is 0 Å². The molecular formula is C11H25ClN2. The third kappa shape index (κ3) is 4.16. The van der Waals surface area contributed by atoms with E-state index in [1.165, 1.54) is 19.5 Å². The van der Waals surface area contributed by atoms with Crippen molar-refractivity contribution in [1.29, 1.82) is 0 Å². The van der Waals surface area contributed by atoms with Gasteiger partial charge in [0.2, 0.25) is 0 Å². The largest absolute Gasteiger partial charge is 0.314 e. The van der Waals surface area contributed by atoms with Crippen molar-refractivity contribution in [2.24, 2.45) is 5.41 Å². The number of rotatable bonds is 3. The Hall–Kier alpha value is 0.210. The summed E-state index contributed by atoms with van der Waals surface area (Å²) < 4.78 is 0. The first kappa shape index (κ1) is 14.2. The van der Waals surface area contributed by atoms with Gasteiger partial charge in [-0.05, 0) is 18.8 Å². The smallest absolute Gasteiger partial charge is 0.0193 e. The molecule has 3 heteroatoms. The van der Waals surface area contributed by atoms with Gasteiger partial charge in [-0.3, -0.25) is 4.90 Å². The van der Waals surface area contributed by atoms with Gasteiger partial charge in [-0.25, -0.2) is 0 Å². The van der Waals surface area contributed by atoms with E-state index in [1.807, 2.05) is 0 Å². The lowest BCUT2D eigenvalue weighted by Gasteiger charge is -2.39. The minimum Gasteiger partial charge on any atom is -0.314 e. The highest BCUT2D eigenvalue weighted by atomic mass is 35.5. The maximum atomic E-state index is 3.43. The molecule has 0 saturated carbocycles. The van der Waals surface area contributed by atoms with Gasteiger partial charge in [0.15, 0.2) is 0 Å². The van der Waals surface area contributed by atoms with Crippen LogP contribution in [0.2, 0.25) is 0 Å². The molecule has 1 rings (SSSR count). The van der Waals surface area contributed by atoms with E-state index in [1.54, 1.807) is 0 Å². The normalized spacial score (nSPS) is 24.4. The first-order valence-corrected chi connectivity index (χ1v) is 5.50. The van der Waals surface area contributed by atoms with Crippen molar-refractivity contribution in [2.75, 3.05) is 26.2 Å². The van der Waals surface area contributed by atoms with Crippen LogP contribution in [0.25, 0.3) is 0 Å². The van der Waals surface area contributed by atoms with Crippen molar-refractivity contribution in [3.8, 4) is 0 Å². The molecule has 1 N–H and O–H groups in total. The molecule has 1 heterocycles. The molecule has 0 aromatic rings. The van der Waals surface area contributed by atoms with Gasteiger partial charge >= 0.3 is 0 Å². The second-order valence-corrected chi connectivity index (χ2v) is 5.04. The minimum absolute atomic E-state index is 0. The van der Waals surface area contributed by atoms with E-state index in [9.17, 15) is 0 Å². The molecule has 86 valence electrons. The molecule has 1 aliphatic rings. The highest BCUT2D eigenvalue weighted by molar-refractivity contribution is 5.85. The summed E-state index contributed by atoms with van der Waals surface area (Å²) in [6.45, 7) is 14.1. The third-order valence-electron chi connectivity index (χ3n) is 3.23. The summed E-state index contributed by atoms with van der Waals surface area (Å²) in [6.07, 6.45) is 1.27. The Bertz CT molecular complexity index is 159. The van der Waals surface area contributed by atoms with Crippen molar-refractivity contribution in [2.45, 2.75) is 40.2 Å². The van der Waals surface area contributed by atoms with E-state index in [2.05, 4.69) is 37.9 Å². The molecule has 0 aromatic carbocycles. The van der Waals surface area contributed by atoms with Gasteiger partial charge in [0.1, 0.15) is 0 Å².